The number of hydrogen-bond acceptors (Lipinski definition) is 2. The molecule has 4 aromatic carbocycles. The summed E-state index contributed by atoms with van der Waals surface area (Å²) >= 11 is 2.00. The maximum atomic E-state index is 14.0. The maximum absolute atomic E-state index is 14.0. The van der Waals surface area contributed by atoms with Crippen LogP contribution in [0.4, 0.5) is 4.39 Å². The molecule has 0 aliphatic carbocycles. The summed E-state index contributed by atoms with van der Waals surface area (Å²) in [6.07, 6.45) is 5.55. The number of rotatable bonds is 6. The summed E-state index contributed by atoms with van der Waals surface area (Å²) in [6, 6.07) is 26.0. The van der Waals surface area contributed by atoms with Crippen LogP contribution in [0.15, 0.2) is 89.1 Å². The second-order valence-corrected chi connectivity index (χ2v) is 8.55. The van der Waals surface area contributed by atoms with Crippen LogP contribution >= 0.6 is 22.6 Å². The van der Waals surface area contributed by atoms with E-state index in [2.05, 4.69) is 53.5 Å². The smallest absolute Gasteiger partial charge is 0.137 e. The SMILES string of the molecule is CCCc1ccc(-c2ccc(I)c(F)c2)cc1/C=N/N=C/c1ccc2ccccc2c1. The third-order valence-corrected chi connectivity index (χ3v) is 6.04. The van der Waals surface area contributed by atoms with Gasteiger partial charge in [-0.2, -0.15) is 10.2 Å². The monoisotopic (exact) mass is 520 g/mol. The van der Waals surface area contributed by atoms with Crippen molar-refractivity contribution >= 4 is 45.8 Å². The van der Waals surface area contributed by atoms with Crippen molar-refractivity contribution in [3.8, 4) is 11.1 Å². The first-order chi connectivity index (χ1) is 15.1. The van der Waals surface area contributed by atoms with Gasteiger partial charge in [0.1, 0.15) is 5.82 Å². The first-order valence-electron chi connectivity index (χ1n) is 10.3. The summed E-state index contributed by atoms with van der Waals surface area (Å²) in [7, 11) is 0. The number of nitrogens with zero attached hydrogens (tertiary/aromatic N) is 2. The Hall–Kier alpha value is -2.86. The summed E-state index contributed by atoms with van der Waals surface area (Å²) in [4.78, 5) is 0. The number of benzene rings is 4. The first kappa shape index (κ1) is 21.4. The molecule has 0 aliphatic rings. The van der Waals surface area contributed by atoms with Gasteiger partial charge < -0.3 is 0 Å². The van der Waals surface area contributed by atoms with Crippen LogP contribution in [0.5, 0.6) is 0 Å². The van der Waals surface area contributed by atoms with Crippen LogP contribution < -0.4 is 0 Å². The minimum Gasteiger partial charge on any atom is -0.206 e. The molecule has 0 aliphatic heterocycles. The van der Waals surface area contributed by atoms with Crippen molar-refractivity contribution in [3.63, 3.8) is 0 Å². The van der Waals surface area contributed by atoms with Crippen molar-refractivity contribution in [1.29, 1.82) is 0 Å². The standard InChI is InChI=1S/C27H22FIN2/c1-2-5-20-10-11-23(24-12-13-27(29)26(28)16-24)15-25(20)18-31-30-17-19-8-9-21-6-3-4-7-22(21)14-19/h3-4,6-18H,2,5H2,1H3/b30-17+,31-18+. The van der Waals surface area contributed by atoms with E-state index in [9.17, 15) is 4.39 Å². The molecule has 0 saturated heterocycles. The second-order valence-electron chi connectivity index (χ2n) is 7.39. The molecule has 0 unspecified atom stereocenters. The highest BCUT2D eigenvalue weighted by atomic mass is 127. The van der Waals surface area contributed by atoms with E-state index in [0.29, 0.717) is 3.57 Å². The topological polar surface area (TPSA) is 24.7 Å². The molecule has 4 rings (SSSR count). The molecule has 4 aromatic rings. The van der Waals surface area contributed by atoms with E-state index in [1.807, 2.05) is 52.9 Å². The van der Waals surface area contributed by atoms with E-state index in [4.69, 9.17) is 0 Å². The van der Waals surface area contributed by atoms with Gasteiger partial charge in [0.2, 0.25) is 0 Å². The molecule has 2 nitrogen and oxygen atoms in total. The Bertz CT molecular complexity index is 1280. The number of aryl methyl sites for hydroxylation is 1. The maximum Gasteiger partial charge on any atom is 0.137 e. The van der Waals surface area contributed by atoms with Crippen molar-refractivity contribution in [2.45, 2.75) is 19.8 Å². The Balaban J connectivity index is 1.59. The highest BCUT2D eigenvalue weighted by Gasteiger charge is 2.06. The van der Waals surface area contributed by atoms with Crippen molar-refractivity contribution in [2.75, 3.05) is 0 Å². The fourth-order valence-corrected chi connectivity index (χ4v) is 3.89. The van der Waals surface area contributed by atoms with Gasteiger partial charge in [0.25, 0.3) is 0 Å². The van der Waals surface area contributed by atoms with Crippen LogP contribution in [0, 0.1) is 9.39 Å². The fourth-order valence-electron chi connectivity index (χ4n) is 3.55. The molecular weight excluding hydrogens is 498 g/mol. The molecule has 0 fully saturated rings. The Morgan fingerprint density at radius 2 is 1.55 bits per heavy atom. The van der Waals surface area contributed by atoms with Crippen LogP contribution in [-0.2, 0) is 6.42 Å². The van der Waals surface area contributed by atoms with Gasteiger partial charge in [0.15, 0.2) is 0 Å². The lowest BCUT2D eigenvalue weighted by molar-refractivity contribution is 0.621. The lowest BCUT2D eigenvalue weighted by atomic mass is 9.97. The lowest BCUT2D eigenvalue weighted by Crippen LogP contribution is -1.94. The van der Waals surface area contributed by atoms with Gasteiger partial charge >= 0.3 is 0 Å². The predicted molar refractivity (Wildman–Crippen MR) is 138 cm³/mol. The van der Waals surface area contributed by atoms with Gasteiger partial charge in [0, 0.05) is 3.57 Å². The lowest BCUT2D eigenvalue weighted by Gasteiger charge is -2.09. The second kappa shape index (κ2) is 9.96. The third-order valence-electron chi connectivity index (χ3n) is 5.16. The molecule has 0 atom stereocenters. The van der Waals surface area contributed by atoms with Crippen molar-refractivity contribution < 1.29 is 4.39 Å². The molecule has 154 valence electrons. The Morgan fingerprint density at radius 1 is 0.806 bits per heavy atom. The average Bonchev–Trinajstić information content (AvgIpc) is 2.79. The summed E-state index contributed by atoms with van der Waals surface area (Å²) in [5.74, 6) is -0.203. The Labute approximate surface area is 195 Å². The van der Waals surface area contributed by atoms with E-state index in [0.717, 1.165) is 35.1 Å². The van der Waals surface area contributed by atoms with E-state index < -0.39 is 0 Å². The van der Waals surface area contributed by atoms with Crippen molar-refractivity contribution in [1.82, 2.24) is 0 Å². The van der Waals surface area contributed by atoms with E-state index in [-0.39, 0.29) is 5.82 Å². The summed E-state index contributed by atoms with van der Waals surface area (Å²) in [5, 5.41) is 10.9. The van der Waals surface area contributed by atoms with Gasteiger partial charge in [-0.1, -0.05) is 67.9 Å². The zero-order chi connectivity index (χ0) is 21.6. The van der Waals surface area contributed by atoms with Crippen LogP contribution in [0.1, 0.15) is 30.0 Å². The molecule has 0 amide bonds. The van der Waals surface area contributed by atoms with Crippen molar-refractivity contribution in [3.05, 3.63) is 105 Å². The minimum atomic E-state index is -0.203. The normalized spacial score (nSPS) is 11.7. The summed E-state index contributed by atoms with van der Waals surface area (Å²) < 4.78 is 14.6. The van der Waals surface area contributed by atoms with E-state index >= 15 is 0 Å². The van der Waals surface area contributed by atoms with Gasteiger partial charge in [-0.25, -0.2) is 4.39 Å². The quantitative estimate of drug-likeness (QED) is 0.142. The van der Waals surface area contributed by atoms with Gasteiger partial charge in [-0.15, -0.1) is 0 Å². The zero-order valence-electron chi connectivity index (χ0n) is 17.2. The molecule has 0 N–H and O–H groups in total. The van der Waals surface area contributed by atoms with Gasteiger partial charge in [-0.05, 0) is 91.9 Å². The van der Waals surface area contributed by atoms with Crippen LogP contribution in [0.3, 0.4) is 0 Å². The van der Waals surface area contributed by atoms with Crippen LogP contribution in [-0.4, -0.2) is 12.4 Å². The molecule has 0 heterocycles. The average molecular weight is 520 g/mol. The number of halogens is 2. The molecule has 0 spiro atoms. The fraction of sp³-hybridized carbons (Fsp3) is 0.111. The molecule has 4 heteroatoms. The van der Waals surface area contributed by atoms with Crippen molar-refractivity contribution in [2.24, 2.45) is 10.2 Å². The molecular formula is C27H22FIN2. The first-order valence-corrected chi connectivity index (χ1v) is 11.4. The number of hydrogen-bond donors (Lipinski definition) is 0. The zero-order valence-corrected chi connectivity index (χ0v) is 19.4. The van der Waals surface area contributed by atoms with E-state index in [1.54, 1.807) is 24.6 Å². The molecule has 0 saturated carbocycles. The highest BCUT2D eigenvalue weighted by molar-refractivity contribution is 14.1. The third kappa shape index (κ3) is 5.25. The molecule has 31 heavy (non-hydrogen) atoms. The van der Waals surface area contributed by atoms with Gasteiger partial charge in [-0.3, -0.25) is 0 Å². The summed E-state index contributed by atoms with van der Waals surface area (Å²) in [5.41, 5.74) is 5.05. The highest BCUT2D eigenvalue weighted by Crippen LogP contribution is 2.25. The summed E-state index contributed by atoms with van der Waals surface area (Å²) in [6.45, 7) is 2.15. The molecule has 0 bridgehead atoms. The van der Waals surface area contributed by atoms with Crippen LogP contribution in [0.2, 0.25) is 0 Å². The molecule has 0 radical (unpaired) electrons. The molecule has 0 aromatic heterocycles. The largest absolute Gasteiger partial charge is 0.206 e. The van der Waals surface area contributed by atoms with Crippen LogP contribution in [0.25, 0.3) is 21.9 Å². The number of fused-ring (bicyclic) bond motifs is 1. The minimum absolute atomic E-state index is 0.203. The Morgan fingerprint density at radius 3 is 2.35 bits per heavy atom. The predicted octanol–water partition coefficient (Wildman–Crippen LogP) is 7.66. The van der Waals surface area contributed by atoms with E-state index in [1.165, 1.54) is 16.3 Å². The van der Waals surface area contributed by atoms with Gasteiger partial charge in [0.05, 0.1) is 12.4 Å². The Kier molecular flexibility index (Phi) is 6.87.